The van der Waals surface area contributed by atoms with Crippen LogP contribution in [0.3, 0.4) is 0 Å². The molecule has 1 heterocycles. The van der Waals surface area contributed by atoms with Crippen LogP contribution in [0.15, 0.2) is 29.0 Å². The zero-order valence-electron chi connectivity index (χ0n) is 8.08. The van der Waals surface area contributed by atoms with Gasteiger partial charge >= 0.3 is 0 Å². The van der Waals surface area contributed by atoms with Crippen LogP contribution in [0.1, 0.15) is 17.2 Å². The first-order valence-electron chi connectivity index (χ1n) is 4.51. The van der Waals surface area contributed by atoms with E-state index in [-0.39, 0.29) is 5.56 Å². The number of rotatable bonds is 2. The van der Waals surface area contributed by atoms with E-state index in [0.717, 1.165) is 0 Å². The lowest BCUT2D eigenvalue weighted by atomic mass is 10.0. The molecule has 2 rings (SSSR count). The molecular formula is C11H8F3NS. The lowest BCUT2D eigenvalue weighted by molar-refractivity contribution is 0.515. The molecule has 1 aromatic heterocycles. The summed E-state index contributed by atoms with van der Waals surface area (Å²) in [6, 6.07) is 2.03. The molecule has 0 saturated heterocycles. The molecule has 0 radical (unpaired) electrons. The summed E-state index contributed by atoms with van der Waals surface area (Å²) in [5.74, 6) is -2.87. The Morgan fingerprint density at radius 3 is 2.25 bits per heavy atom. The van der Waals surface area contributed by atoms with Gasteiger partial charge in [0.15, 0.2) is 0 Å². The highest BCUT2D eigenvalue weighted by molar-refractivity contribution is 7.08. The van der Waals surface area contributed by atoms with E-state index in [2.05, 4.69) is 0 Å². The van der Waals surface area contributed by atoms with Gasteiger partial charge in [0.25, 0.3) is 0 Å². The van der Waals surface area contributed by atoms with Crippen LogP contribution in [0.2, 0.25) is 0 Å². The van der Waals surface area contributed by atoms with Gasteiger partial charge in [-0.25, -0.2) is 13.2 Å². The molecular weight excluding hydrogens is 235 g/mol. The third kappa shape index (κ3) is 1.96. The molecule has 1 atom stereocenters. The Hall–Kier alpha value is -1.33. The van der Waals surface area contributed by atoms with Crippen molar-refractivity contribution in [2.45, 2.75) is 6.04 Å². The van der Waals surface area contributed by atoms with E-state index >= 15 is 0 Å². The molecule has 1 nitrogen and oxygen atoms in total. The van der Waals surface area contributed by atoms with Gasteiger partial charge in [0.1, 0.15) is 17.5 Å². The Labute approximate surface area is 94.3 Å². The van der Waals surface area contributed by atoms with Crippen LogP contribution in [0, 0.1) is 17.5 Å². The number of benzene rings is 1. The average molecular weight is 243 g/mol. The molecule has 5 heteroatoms. The second-order valence-corrected chi connectivity index (χ2v) is 4.10. The van der Waals surface area contributed by atoms with Gasteiger partial charge in [-0.2, -0.15) is 11.3 Å². The number of nitrogens with two attached hydrogens (primary N) is 1. The molecule has 0 amide bonds. The van der Waals surface area contributed by atoms with E-state index in [0.29, 0.717) is 17.7 Å². The Balaban J connectivity index is 2.48. The molecule has 0 spiro atoms. The maximum Gasteiger partial charge on any atom is 0.134 e. The zero-order chi connectivity index (χ0) is 11.7. The molecule has 0 saturated carbocycles. The highest BCUT2D eigenvalue weighted by atomic mass is 32.1. The van der Waals surface area contributed by atoms with Crippen molar-refractivity contribution in [1.29, 1.82) is 0 Å². The van der Waals surface area contributed by atoms with E-state index in [9.17, 15) is 13.2 Å². The first-order chi connectivity index (χ1) is 7.59. The molecule has 1 aromatic carbocycles. The predicted molar refractivity (Wildman–Crippen MR) is 56.7 cm³/mol. The molecule has 0 bridgehead atoms. The Kier molecular flexibility index (Phi) is 2.98. The molecule has 0 aliphatic heterocycles. The standard InChI is InChI=1S/C11H8F3NS/c12-7-3-8(13)10(9(14)4-7)11(15)6-1-2-16-5-6/h1-5,11H,15H2/t11-/m1/s1. The molecule has 0 aliphatic rings. The highest BCUT2D eigenvalue weighted by Gasteiger charge is 2.19. The second kappa shape index (κ2) is 4.27. The molecule has 0 aliphatic carbocycles. The molecule has 16 heavy (non-hydrogen) atoms. The predicted octanol–water partition coefficient (Wildman–Crippen LogP) is 3.21. The topological polar surface area (TPSA) is 26.0 Å². The van der Waals surface area contributed by atoms with Crippen molar-refractivity contribution in [2.24, 2.45) is 5.73 Å². The number of hydrogen-bond acceptors (Lipinski definition) is 2. The van der Waals surface area contributed by atoms with Gasteiger partial charge in [-0.05, 0) is 22.4 Å². The lowest BCUT2D eigenvalue weighted by Gasteiger charge is -2.12. The summed E-state index contributed by atoms with van der Waals surface area (Å²) in [5.41, 5.74) is 6.02. The van der Waals surface area contributed by atoms with Crippen LogP contribution in [-0.4, -0.2) is 0 Å². The van der Waals surface area contributed by atoms with E-state index in [1.54, 1.807) is 16.8 Å². The second-order valence-electron chi connectivity index (χ2n) is 3.32. The summed E-state index contributed by atoms with van der Waals surface area (Å²) in [6.45, 7) is 0. The van der Waals surface area contributed by atoms with Gasteiger partial charge in [0.2, 0.25) is 0 Å². The van der Waals surface area contributed by atoms with Crippen LogP contribution in [0.25, 0.3) is 0 Å². The molecule has 2 aromatic rings. The van der Waals surface area contributed by atoms with Crippen LogP contribution in [0.5, 0.6) is 0 Å². The van der Waals surface area contributed by atoms with Crippen molar-refractivity contribution in [3.05, 3.63) is 57.5 Å². The maximum absolute atomic E-state index is 13.4. The van der Waals surface area contributed by atoms with Crippen LogP contribution in [-0.2, 0) is 0 Å². The summed E-state index contributed by atoms with van der Waals surface area (Å²) >= 11 is 1.38. The van der Waals surface area contributed by atoms with Crippen molar-refractivity contribution < 1.29 is 13.2 Å². The maximum atomic E-state index is 13.4. The summed E-state index contributed by atoms with van der Waals surface area (Å²) in [7, 11) is 0. The largest absolute Gasteiger partial charge is 0.320 e. The molecule has 84 valence electrons. The van der Waals surface area contributed by atoms with Crippen LogP contribution >= 0.6 is 11.3 Å². The quantitative estimate of drug-likeness (QED) is 0.861. The average Bonchev–Trinajstić information content (AvgIpc) is 2.67. The summed E-state index contributed by atoms with van der Waals surface area (Å²) in [5, 5.41) is 3.46. The van der Waals surface area contributed by atoms with Gasteiger partial charge in [-0.1, -0.05) is 0 Å². The summed E-state index contributed by atoms with van der Waals surface area (Å²) in [4.78, 5) is 0. The van der Waals surface area contributed by atoms with Crippen molar-refractivity contribution in [3.8, 4) is 0 Å². The van der Waals surface area contributed by atoms with Gasteiger partial charge in [-0.15, -0.1) is 0 Å². The van der Waals surface area contributed by atoms with Crippen molar-refractivity contribution in [1.82, 2.24) is 0 Å². The fourth-order valence-corrected chi connectivity index (χ4v) is 2.17. The fourth-order valence-electron chi connectivity index (χ4n) is 1.47. The normalized spacial score (nSPS) is 12.8. The van der Waals surface area contributed by atoms with E-state index in [1.807, 2.05) is 0 Å². The van der Waals surface area contributed by atoms with Crippen molar-refractivity contribution in [2.75, 3.05) is 0 Å². The number of halogens is 3. The summed E-state index contributed by atoms with van der Waals surface area (Å²) < 4.78 is 39.5. The third-order valence-electron chi connectivity index (χ3n) is 2.26. The fraction of sp³-hybridized carbons (Fsp3) is 0.0909. The number of thiophene rings is 1. The minimum atomic E-state index is -0.962. The number of hydrogen-bond donors (Lipinski definition) is 1. The minimum absolute atomic E-state index is 0.306. The Bertz CT molecular complexity index is 473. The molecule has 2 N–H and O–H groups in total. The Morgan fingerprint density at radius 1 is 1.12 bits per heavy atom. The van der Waals surface area contributed by atoms with E-state index < -0.39 is 23.5 Å². The molecule has 0 fully saturated rings. The molecule has 0 unspecified atom stereocenters. The lowest BCUT2D eigenvalue weighted by Crippen LogP contribution is -2.15. The van der Waals surface area contributed by atoms with Gasteiger partial charge in [0, 0.05) is 17.7 Å². The smallest absolute Gasteiger partial charge is 0.134 e. The van der Waals surface area contributed by atoms with E-state index in [1.165, 1.54) is 11.3 Å². The van der Waals surface area contributed by atoms with E-state index in [4.69, 9.17) is 5.73 Å². The minimum Gasteiger partial charge on any atom is -0.320 e. The highest BCUT2D eigenvalue weighted by Crippen LogP contribution is 2.26. The van der Waals surface area contributed by atoms with Gasteiger partial charge in [-0.3, -0.25) is 0 Å². The Morgan fingerprint density at radius 2 is 1.75 bits per heavy atom. The third-order valence-corrected chi connectivity index (χ3v) is 2.96. The SMILES string of the molecule is N[C@H](c1ccsc1)c1c(F)cc(F)cc1F. The van der Waals surface area contributed by atoms with Crippen LogP contribution < -0.4 is 5.73 Å². The monoisotopic (exact) mass is 243 g/mol. The van der Waals surface area contributed by atoms with Crippen molar-refractivity contribution >= 4 is 11.3 Å². The first kappa shape index (κ1) is 11.2. The zero-order valence-corrected chi connectivity index (χ0v) is 8.90. The summed E-state index contributed by atoms with van der Waals surface area (Å²) in [6.07, 6.45) is 0. The van der Waals surface area contributed by atoms with Crippen LogP contribution in [0.4, 0.5) is 13.2 Å². The van der Waals surface area contributed by atoms with Crippen molar-refractivity contribution in [3.63, 3.8) is 0 Å². The van der Waals surface area contributed by atoms with Gasteiger partial charge < -0.3 is 5.73 Å². The first-order valence-corrected chi connectivity index (χ1v) is 5.46. The van der Waals surface area contributed by atoms with Gasteiger partial charge in [0.05, 0.1) is 6.04 Å².